The number of carbonyl (C=O) groups is 2. The first-order valence-electron chi connectivity index (χ1n) is 7.80. The molecule has 1 fully saturated rings. The maximum Gasteiger partial charge on any atom is 0.355 e. The summed E-state index contributed by atoms with van der Waals surface area (Å²) in [7, 11) is 0. The molecule has 1 heterocycles. The van der Waals surface area contributed by atoms with E-state index in [1.165, 1.54) is 29.6 Å². The molecule has 0 bridgehead atoms. The Morgan fingerprint density at radius 1 is 1.29 bits per heavy atom. The molecule has 1 amide bonds. The molecule has 0 unspecified atom stereocenters. The predicted molar refractivity (Wildman–Crippen MR) is 89.8 cm³/mol. The van der Waals surface area contributed by atoms with Gasteiger partial charge in [0.25, 0.3) is 5.91 Å². The van der Waals surface area contributed by atoms with Crippen molar-refractivity contribution in [3.8, 4) is 5.75 Å². The lowest BCUT2D eigenvalue weighted by molar-refractivity contribution is 0.0690. The number of thiazole rings is 1. The fraction of sp³-hybridized carbons (Fsp3) is 0.353. The Kier molecular flexibility index (Phi) is 5.10. The number of rotatable bonds is 8. The SMILES string of the molecule is O=C(NCCc1nc(C(=O)O)cs1)c1ccc(OCC2CC2)cc1. The molecule has 2 aromatic rings. The van der Waals surface area contributed by atoms with E-state index in [0.717, 1.165) is 12.4 Å². The third-order valence-corrected chi connectivity index (χ3v) is 4.60. The molecular formula is C17H18N2O4S. The topological polar surface area (TPSA) is 88.5 Å². The highest BCUT2D eigenvalue weighted by molar-refractivity contribution is 7.09. The molecule has 0 radical (unpaired) electrons. The summed E-state index contributed by atoms with van der Waals surface area (Å²) in [6, 6.07) is 7.08. The van der Waals surface area contributed by atoms with Gasteiger partial charge in [-0.15, -0.1) is 11.3 Å². The van der Waals surface area contributed by atoms with Gasteiger partial charge in [0.15, 0.2) is 5.69 Å². The van der Waals surface area contributed by atoms with Gasteiger partial charge in [0.1, 0.15) is 5.75 Å². The molecule has 1 aliphatic carbocycles. The number of nitrogens with one attached hydrogen (secondary N) is 1. The van der Waals surface area contributed by atoms with Crippen molar-refractivity contribution in [2.45, 2.75) is 19.3 Å². The highest BCUT2D eigenvalue weighted by Gasteiger charge is 2.21. The number of carboxylic acids is 1. The molecule has 6 nitrogen and oxygen atoms in total. The molecular weight excluding hydrogens is 328 g/mol. The second-order valence-electron chi connectivity index (χ2n) is 5.72. The molecule has 0 aliphatic heterocycles. The second kappa shape index (κ2) is 7.44. The van der Waals surface area contributed by atoms with Crippen molar-refractivity contribution in [3.05, 3.63) is 45.9 Å². The first-order chi connectivity index (χ1) is 11.6. The Bertz CT molecular complexity index is 722. The lowest BCUT2D eigenvalue weighted by Crippen LogP contribution is -2.25. The third-order valence-electron chi connectivity index (χ3n) is 3.69. The van der Waals surface area contributed by atoms with Gasteiger partial charge in [0.2, 0.25) is 0 Å². The molecule has 126 valence electrons. The summed E-state index contributed by atoms with van der Waals surface area (Å²) in [5, 5.41) is 13.8. The molecule has 2 N–H and O–H groups in total. The summed E-state index contributed by atoms with van der Waals surface area (Å²) in [5.41, 5.74) is 0.613. The zero-order valence-corrected chi connectivity index (χ0v) is 13.8. The number of hydrogen-bond acceptors (Lipinski definition) is 5. The van der Waals surface area contributed by atoms with Gasteiger partial charge in [0, 0.05) is 23.9 Å². The van der Waals surface area contributed by atoms with Crippen LogP contribution in [0.25, 0.3) is 0 Å². The summed E-state index contributed by atoms with van der Waals surface area (Å²) in [6.45, 7) is 1.16. The number of ether oxygens (including phenoxy) is 1. The Morgan fingerprint density at radius 3 is 2.67 bits per heavy atom. The Labute approximate surface area is 143 Å². The van der Waals surface area contributed by atoms with Crippen molar-refractivity contribution in [3.63, 3.8) is 0 Å². The minimum absolute atomic E-state index is 0.0445. The van der Waals surface area contributed by atoms with Crippen molar-refractivity contribution in [1.29, 1.82) is 0 Å². The average molecular weight is 346 g/mol. The van der Waals surface area contributed by atoms with E-state index in [9.17, 15) is 9.59 Å². The fourth-order valence-corrected chi connectivity index (χ4v) is 2.88. The minimum Gasteiger partial charge on any atom is -0.493 e. The maximum absolute atomic E-state index is 12.1. The molecule has 0 saturated heterocycles. The van der Waals surface area contributed by atoms with E-state index in [1.54, 1.807) is 24.3 Å². The van der Waals surface area contributed by atoms with Crippen LogP contribution >= 0.6 is 11.3 Å². The summed E-state index contributed by atoms with van der Waals surface area (Å²) >= 11 is 1.28. The number of hydrogen-bond donors (Lipinski definition) is 2. The van der Waals surface area contributed by atoms with Gasteiger partial charge >= 0.3 is 5.97 Å². The molecule has 1 saturated carbocycles. The van der Waals surface area contributed by atoms with Crippen molar-refractivity contribution in [2.75, 3.05) is 13.2 Å². The molecule has 24 heavy (non-hydrogen) atoms. The molecule has 3 rings (SSSR count). The number of amides is 1. The fourth-order valence-electron chi connectivity index (χ4n) is 2.11. The van der Waals surface area contributed by atoms with E-state index in [-0.39, 0.29) is 11.6 Å². The van der Waals surface area contributed by atoms with Crippen LogP contribution in [0.4, 0.5) is 0 Å². The summed E-state index contributed by atoms with van der Waals surface area (Å²) in [6.07, 6.45) is 2.99. The van der Waals surface area contributed by atoms with Gasteiger partial charge in [-0.05, 0) is 43.0 Å². The van der Waals surface area contributed by atoms with E-state index < -0.39 is 5.97 Å². The van der Waals surface area contributed by atoms with E-state index in [2.05, 4.69) is 10.3 Å². The zero-order chi connectivity index (χ0) is 16.9. The Morgan fingerprint density at radius 2 is 2.04 bits per heavy atom. The highest BCUT2D eigenvalue weighted by Crippen LogP contribution is 2.29. The van der Waals surface area contributed by atoms with Gasteiger partial charge < -0.3 is 15.2 Å². The third kappa shape index (κ3) is 4.55. The van der Waals surface area contributed by atoms with Crippen molar-refractivity contribution < 1.29 is 19.4 Å². The quantitative estimate of drug-likeness (QED) is 0.767. The van der Waals surface area contributed by atoms with Crippen LogP contribution in [0.5, 0.6) is 5.75 Å². The molecule has 0 atom stereocenters. The monoisotopic (exact) mass is 346 g/mol. The van der Waals surface area contributed by atoms with Crippen LogP contribution in [0.2, 0.25) is 0 Å². The molecule has 7 heteroatoms. The molecule has 1 aromatic heterocycles. The van der Waals surface area contributed by atoms with Gasteiger partial charge in [-0.3, -0.25) is 4.79 Å². The van der Waals surface area contributed by atoms with Crippen molar-refractivity contribution >= 4 is 23.2 Å². The normalized spacial score (nSPS) is 13.5. The standard InChI is InChI=1S/C17H18N2O4S/c20-16(18-8-7-15-19-14(10-24-15)17(21)22)12-3-5-13(6-4-12)23-9-11-1-2-11/h3-6,10-11H,1-2,7-9H2,(H,18,20)(H,21,22). The predicted octanol–water partition coefficient (Wildman–Crippen LogP) is 2.60. The van der Waals surface area contributed by atoms with Crippen LogP contribution < -0.4 is 10.1 Å². The largest absolute Gasteiger partial charge is 0.493 e. The minimum atomic E-state index is -1.04. The highest BCUT2D eigenvalue weighted by atomic mass is 32.1. The summed E-state index contributed by atoms with van der Waals surface area (Å²) in [5.74, 6) is 0.271. The van der Waals surface area contributed by atoms with Crippen LogP contribution in [0.15, 0.2) is 29.6 Å². The number of aromatic carboxylic acids is 1. The first kappa shape index (κ1) is 16.4. The lowest BCUT2D eigenvalue weighted by Gasteiger charge is -2.07. The van der Waals surface area contributed by atoms with Crippen LogP contribution in [0.1, 0.15) is 38.7 Å². The number of carbonyl (C=O) groups excluding carboxylic acids is 1. The van der Waals surface area contributed by atoms with Crippen LogP contribution in [0, 0.1) is 5.92 Å². The number of nitrogens with zero attached hydrogens (tertiary/aromatic N) is 1. The lowest BCUT2D eigenvalue weighted by atomic mass is 10.2. The molecule has 0 spiro atoms. The van der Waals surface area contributed by atoms with Gasteiger partial charge in [-0.1, -0.05) is 0 Å². The molecule has 1 aromatic carbocycles. The van der Waals surface area contributed by atoms with Gasteiger partial charge in [-0.2, -0.15) is 0 Å². The van der Waals surface area contributed by atoms with E-state index in [1.807, 2.05) is 0 Å². The van der Waals surface area contributed by atoms with Crippen molar-refractivity contribution in [1.82, 2.24) is 10.3 Å². The van der Waals surface area contributed by atoms with E-state index in [4.69, 9.17) is 9.84 Å². The van der Waals surface area contributed by atoms with Gasteiger partial charge in [-0.25, -0.2) is 9.78 Å². The second-order valence-corrected chi connectivity index (χ2v) is 6.66. The van der Waals surface area contributed by atoms with E-state index >= 15 is 0 Å². The first-order valence-corrected chi connectivity index (χ1v) is 8.68. The van der Waals surface area contributed by atoms with Crippen LogP contribution in [-0.2, 0) is 6.42 Å². The molecule has 1 aliphatic rings. The zero-order valence-electron chi connectivity index (χ0n) is 13.0. The van der Waals surface area contributed by atoms with E-state index in [0.29, 0.717) is 29.5 Å². The van der Waals surface area contributed by atoms with Crippen LogP contribution in [0.3, 0.4) is 0 Å². The van der Waals surface area contributed by atoms with Crippen molar-refractivity contribution in [2.24, 2.45) is 5.92 Å². The van der Waals surface area contributed by atoms with Crippen LogP contribution in [-0.4, -0.2) is 35.1 Å². The number of aromatic nitrogens is 1. The number of carboxylic acid groups (broad SMARTS) is 1. The number of benzene rings is 1. The Hall–Kier alpha value is -2.41. The maximum atomic E-state index is 12.1. The van der Waals surface area contributed by atoms with Gasteiger partial charge in [0.05, 0.1) is 11.6 Å². The smallest absolute Gasteiger partial charge is 0.355 e. The summed E-state index contributed by atoms with van der Waals surface area (Å²) < 4.78 is 5.64. The summed E-state index contributed by atoms with van der Waals surface area (Å²) in [4.78, 5) is 26.8. The average Bonchev–Trinajstić information content (AvgIpc) is 3.29. The Balaban J connectivity index is 1.44.